The molecule has 1 aliphatic rings. The molecule has 0 saturated carbocycles. The van der Waals surface area contributed by atoms with Crippen molar-refractivity contribution >= 4 is 34.3 Å². The van der Waals surface area contributed by atoms with E-state index < -0.39 is 29.7 Å². The summed E-state index contributed by atoms with van der Waals surface area (Å²) in [4.78, 5) is 59.8. The van der Waals surface area contributed by atoms with Crippen LogP contribution in [0.5, 0.6) is 0 Å². The molecule has 2 heterocycles. The molecule has 0 bridgehead atoms. The number of aryl methyl sites for hydroxylation is 1. The Labute approximate surface area is 217 Å². The van der Waals surface area contributed by atoms with E-state index in [1.807, 2.05) is 54.6 Å². The minimum absolute atomic E-state index is 0.0702. The number of anilines is 2. The lowest BCUT2D eigenvalue weighted by molar-refractivity contribution is -0.121. The molecule has 1 aliphatic carbocycles. The number of nitrogens with two attached hydrogens (primary N) is 1. The molecule has 0 radical (unpaired) electrons. The topological polar surface area (TPSA) is 140 Å². The van der Waals surface area contributed by atoms with E-state index in [2.05, 4.69) is 9.97 Å². The molecule has 0 fully saturated rings. The number of benzene rings is 2. The first-order valence-corrected chi connectivity index (χ1v) is 12.4. The number of amides is 1. The summed E-state index contributed by atoms with van der Waals surface area (Å²) in [7, 11) is 0. The van der Waals surface area contributed by atoms with Crippen molar-refractivity contribution in [2.75, 3.05) is 23.8 Å². The number of pyridine rings is 1. The fourth-order valence-electron chi connectivity index (χ4n) is 4.94. The molecule has 38 heavy (non-hydrogen) atoms. The normalized spacial score (nSPS) is 12.3. The summed E-state index contributed by atoms with van der Waals surface area (Å²) in [6, 6.07) is 16.5. The molecule has 2 aromatic heterocycles. The Kier molecular flexibility index (Phi) is 6.78. The maximum atomic E-state index is 13.2. The van der Waals surface area contributed by atoms with Crippen molar-refractivity contribution in [2.45, 2.75) is 32.7 Å². The first-order chi connectivity index (χ1) is 18.4. The second-order valence-corrected chi connectivity index (χ2v) is 9.06. The first kappa shape index (κ1) is 24.9. The quantitative estimate of drug-likeness (QED) is 0.362. The molecule has 0 spiro atoms. The molecule has 2 aromatic carbocycles. The van der Waals surface area contributed by atoms with E-state index in [1.165, 1.54) is 4.57 Å². The number of carbonyl (C=O) groups excluding carboxylic acids is 2. The molecule has 1 amide bonds. The highest BCUT2D eigenvalue weighted by molar-refractivity contribution is 6.06. The number of ether oxygens (including phenoxy) is 1. The number of para-hydroxylation sites is 1. The van der Waals surface area contributed by atoms with Crippen LogP contribution in [0.4, 0.5) is 11.5 Å². The number of nitrogens with one attached hydrogen (secondary N) is 1. The van der Waals surface area contributed by atoms with Crippen LogP contribution in [0, 0.1) is 0 Å². The van der Waals surface area contributed by atoms with Gasteiger partial charge in [0, 0.05) is 17.6 Å². The van der Waals surface area contributed by atoms with Gasteiger partial charge in [-0.15, -0.1) is 0 Å². The van der Waals surface area contributed by atoms with Crippen LogP contribution in [0.2, 0.25) is 0 Å². The number of fused-ring (bicyclic) bond motifs is 2. The van der Waals surface area contributed by atoms with Crippen molar-refractivity contribution in [3.8, 4) is 0 Å². The summed E-state index contributed by atoms with van der Waals surface area (Å²) in [5.41, 5.74) is 8.24. The number of H-pyrrole nitrogens is 1. The number of carbonyl (C=O) groups is 2. The maximum Gasteiger partial charge on any atom is 0.339 e. The predicted octanol–water partition coefficient (Wildman–Crippen LogP) is 2.41. The van der Waals surface area contributed by atoms with Crippen LogP contribution < -0.4 is 21.9 Å². The van der Waals surface area contributed by atoms with Gasteiger partial charge in [0.1, 0.15) is 5.82 Å². The lowest BCUT2D eigenvalue weighted by atomic mass is 10.0. The fraction of sp³-hybridized carbons (Fsp3) is 0.250. The minimum atomic E-state index is -0.795. The number of nitrogens with zero attached hydrogens (tertiary/aromatic N) is 3. The average Bonchev–Trinajstić information content (AvgIpc) is 3.39. The van der Waals surface area contributed by atoms with Gasteiger partial charge in [0.2, 0.25) is 0 Å². The highest BCUT2D eigenvalue weighted by atomic mass is 16.5. The number of rotatable bonds is 7. The van der Waals surface area contributed by atoms with Crippen LogP contribution in [-0.2, 0) is 28.9 Å². The van der Waals surface area contributed by atoms with Gasteiger partial charge in [0.05, 0.1) is 17.6 Å². The minimum Gasteiger partial charge on any atom is -0.452 e. The summed E-state index contributed by atoms with van der Waals surface area (Å²) < 4.78 is 6.67. The Morgan fingerprint density at radius 1 is 1.08 bits per heavy atom. The molecule has 0 atom stereocenters. The van der Waals surface area contributed by atoms with E-state index in [0.29, 0.717) is 22.9 Å². The van der Waals surface area contributed by atoms with Crippen molar-refractivity contribution in [3.63, 3.8) is 0 Å². The lowest BCUT2D eigenvalue weighted by Crippen LogP contribution is -2.42. The van der Waals surface area contributed by atoms with E-state index in [0.717, 1.165) is 34.6 Å². The van der Waals surface area contributed by atoms with Crippen molar-refractivity contribution in [3.05, 3.63) is 97.8 Å². The van der Waals surface area contributed by atoms with Crippen molar-refractivity contribution < 1.29 is 14.3 Å². The summed E-state index contributed by atoms with van der Waals surface area (Å²) >= 11 is 0. The molecule has 0 unspecified atom stereocenters. The molecule has 3 N–H and O–H groups in total. The number of nitrogen functional groups attached to an aromatic ring is 1. The monoisotopic (exact) mass is 513 g/mol. The van der Waals surface area contributed by atoms with Crippen LogP contribution in [0.1, 0.15) is 40.5 Å². The van der Waals surface area contributed by atoms with Gasteiger partial charge in [-0.3, -0.25) is 24.1 Å². The highest BCUT2D eigenvalue weighted by Gasteiger charge is 2.27. The highest BCUT2D eigenvalue weighted by Crippen LogP contribution is 2.30. The molecule has 194 valence electrons. The fourth-order valence-corrected chi connectivity index (χ4v) is 4.94. The number of hydrogen-bond acceptors (Lipinski definition) is 7. The zero-order valence-corrected chi connectivity index (χ0v) is 20.9. The number of esters is 1. The van der Waals surface area contributed by atoms with E-state index in [4.69, 9.17) is 10.5 Å². The average molecular weight is 514 g/mol. The van der Waals surface area contributed by atoms with Crippen LogP contribution in [0.25, 0.3) is 10.9 Å². The lowest BCUT2D eigenvalue weighted by Gasteiger charge is -2.23. The smallest absolute Gasteiger partial charge is 0.339 e. The first-order valence-electron chi connectivity index (χ1n) is 12.4. The number of hydrogen-bond donors (Lipinski definition) is 2. The largest absolute Gasteiger partial charge is 0.452 e. The van der Waals surface area contributed by atoms with Gasteiger partial charge in [-0.1, -0.05) is 48.5 Å². The van der Waals surface area contributed by atoms with Crippen LogP contribution in [0.3, 0.4) is 0 Å². The van der Waals surface area contributed by atoms with Gasteiger partial charge in [0.15, 0.2) is 12.3 Å². The third-order valence-electron chi connectivity index (χ3n) is 6.73. The molecule has 10 nitrogen and oxygen atoms in total. The van der Waals surface area contributed by atoms with Gasteiger partial charge in [-0.25, -0.2) is 9.59 Å². The summed E-state index contributed by atoms with van der Waals surface area (Å²) in [5, 5.41) is 0.673. The maximum absolute atomic E-state index is 13.2. The number of aromatic nitrogens is 3. The van der Waals surface area contributed by atoms with E-state index in [9.17, 15) is 19.2 Å². The Balaban J connectivity index is 1.41. The Morgan fingerprint density at radius 2 is 1.82 bits per heavy atom. The van der Waals surface area contributed by atoms with E-state index in [1.54, 1.807) is 6.92 Å². The van der Waals surface area contributed by atoms with Crippen molar-refractivity contribution in [1.82, 2.24) is 14.5 Å². The zero-order valence-electron chi connectivity index (χ0n) is 20.9. The zero-order chi connectivity index (χ0) is 26.8. The molecule has 10 heteroatoms. The summed E-state index contributed by atoms with van der Waals surface area (Å²) in [6.45, 7) is 1.24. The predicted molar refractivity (Wildman–Crippen MR) is 143 cm³/mol. The molecular weight excluding hydrogens is 486 g/mol. The number of aromatic amines is 1. The van der Waals surface area contributed by atoms with Crippen LogP contribution in [-0.4, -0.2) is 39.6 Å². The molecule has 4 aromatic rings. The van der Waals surface area contributed by atoms with Crippen molar-refractivity contribution in [2.24, 2.45) is 0 Å². The standard InChI is InChI=1S/C28H27N5O5/c1-2-32(24-25(29)33(28(37)31-26(24)35)15-17-9-4-3-5-10-17)22(34)16-38-27(36)23-18-11-6-7-13-20(18)30-21-14-8-12-19(21)23/h3-7,9-11,13H,2,8,12,14-16,29H2,1H3,(H,31,35,37). The Bertz CT molecular complexity index is 1660. The second kappa shape index (κ2) is 10.3. The van der Waals surface area contributed by atoms with E-state index >= 15 is 0 Å². The van der Waals surface area contributed by atoms with Gasteiger partial charge in [-0.2, -0.15) is 0 Å². The van der Waals surface area contributed by atoms with Gasteiger partial charge in [-0.05, 0) is 43.4 Å². The summed E-state index contributed by atoms with van der Waals surface area (Å²) in [6.07, 6.45) is 2.38. The number of likely N-dealkylation sites (N-methyl/N-ethyl adjacent to an activating group) is 1. The molecular formula is C28H27N5O5. The third-order valence-corrected chi connectivity index (χ3v) is 6.73. The van der Waals surface area contributed by atoms with Crippen LogP contribution in [0.15, 0.2) is 64.2 Å². The Hall–Kier alpha value is -4.73. The van der Waals surface area contributed by atoms with Crippen molar-refractivity contribution in [1.29, 1.82) is 0 Å². The summed E-state index contributed by atoms with van der Waals surface area (Å²) in [5.74, 6) is -1.41. The molecule has 0 saturated heterocycles. The molecule has 5 rings (SSSR count). The van der Waals surface area contributed by atoms with Gasteiger partial charge >= 0.3 is 11.7 Å². The molecule has 0 aliphatic heterocycles. The van der Waals surface area contributed by atoms with Gasteiger partial charge in [0.25, 0.3) is 11.5 Å². The Morgan fingerprint density at radius 3 is 2.58 bits per heavy atom. The van der Waals surface area contributed by atoms with Crippen LogP contribution >= 0.6 is 0 Å². The second-order valence-electron chi connectivity index (χ2n) is 9.06. The third kappa shape index (κ3) is 4.56. The SMILES string of the molecule is CCN(C(=O)COC(=O)c1c2c(nc3ccccc13)CCC2)c1c(N)n(Cc2ccccc2)c(=O)[nH]c1=O. The van der Waals surface area contributed by atoms with E-state index in [-0.39, 0.29) is 24.6 Å². The van der Waals surface area contributed by atoms with Gasteiger partial charge < -0.3 is 15.4 Å².